The number of aliphatic imine (C=N–C) groups is 1. The normalized spacial score (nSPS) is 13.5. The molecule has 1 aromatic carbocycles. The molecule has 0 fully saturated rings. The quantitative estimate of drug-likeness (QED) is 0.375. The van der Waals surface area contributed by atoms with E-state index < -0.39 is 0 Å². The Hall–Kier alpha value is -1.84. The number of hydrogen-bond acceptors (Lipinski definition) is 4. The molecule has 0 radical (unpaired) electrons. The van der Waals surface area contributed by atoms with Crippen molar-refractivity contribution in [1.29, 1.82) is 0 Å². The molecule has 0 bridgehead atoms. The van der Waals surface area contributed by atoms with E-state index in [0.29, 0.717) is 13.1 Å². The maximum absolute atomic E-state index is 5.47. The van der Waals surface area contributed by atoms with E-state index in [1.807, 2.05) is 6.07 Å². The predicted octanol–water partition coefficient (Wildman–Crippen LogP) is 2.80. The van der Waals surface area contributed by atoms with E-state index in [0.717, 1.165) is 48.4 Å². The Kier molecular flexibility index (Phi) is 8.33. The number of aryl methyl sites for hydroxylation is 2. The number of benzene rings is 1. The minimum atomic E-state index is 0. The van der Waals surface area contributed by atoms with Gasteiger partial charge in [0, 0.05) is 25.1 Å². The molecule has 0 unspecified atom stereocenters. The van der Waals surface area contributed by atoms with Crippen LogP contribution in [0.1, 0.15) is 42.5 Å². The van der Waals surface area contributed by atoms with Gasteiger partial charge in [0.05, 0.1) is 20.2 Å². The van der Waals surface area contributed by atoms with Crippen LogP contribution in [0.5, 0.6) is 5.75 Å². The highest BCUT2D eigenvalue weighted by molar-refractivity contribution is 14.0. The number of methoxy groups -OCH3 is 1. The second-order valence-electron chi connectivity index (χ2n) is 6.51. The Morgan fingerprint density at radius 3 is 2.89 bits per heavy atom. The first kappa shape index (κ1) is 21.5. The van der Waals surface area contributed by atoms with Gasteiger partial charge in [-0.15, -0.1) is 34.2 Å². The summed E-state index contributed by atoms with van der Waals surface area (Å²) in [7, 11) is 1.69. The van der Waals surface area contributed by atoms with Gasteiger partial charge in [-0.2, -0.15) is 0 Å². The minimum Gasteiger partial charge on any atom is -0.496 e. The second kappa shape index (κ2) is 10.5. The van der Waals surface area contributed by atoms with E-state index in [4.69, 9.17) is 9.73 Å². The van der Waals surface area contributed by atoms with Crippen LogP contribution in [0.25, 0.3) is 0 Å². The largest absolute Gasteiger partial charge is 0.496 e. The van der Waals surface area contributed by atoms with Crippen LogP contribution in [-0.2, 0) is 26.1 Å². The van der Waals surface area contributed by atoms with Gasteiger partial charge in [-0.25, -0.2) is 4.99 Å². The number of nitrogens with one attached hydrogen (secondary N) is 2. The number of aromatic nitrogens is 3. The molecule has 0 atom stereocenters. The van der Waals surface area contributed by atoms with Crippen molar-refractivity contribution in [3.63, 3.8) is 0 Å². The highest BCUT2D eigenvalue weighted by atomic mass is 127. The standard InChI is InChI=1S/C19H28N6O.HI/c1-4-20-19(21-12-15-9-8-14(2)11-16(15)26-3)22-13-18-24-23-17-7-5-6-10-25(17)18;/h8-9,11H,4-7,10,12-13H2,1-3H3,(H2,20,21,22);1H. The van der Waals surface area contributed by atoms with E-state index in [1.165, 1.54) is 18.4 Å². The van der Waals surface area contributed by atoms with Gasteiger partial charge < -0.3 is 19.9 Å². The van der Waals surface area contributed by atoms with Gasteiger partial charge in [0.25, 0.3) is 0 Å². The van der Waals surface area contributed by atoms with Crippen LogP contribution in [0.4, 0.5) is 0 Å². The third kappa shape index (κ3) is 5.57. The summed E-state index contributed by atoms with van der Waals surface area (Å²) in [5, 5.41) is 15.3. The van der Waals surface area contributed by atoms with Gasteiger partial charge in [-0.3, -0.25) is 0 Å². The van der Waals surface area contributed by atoms with Crippen molar-refractivity contribution in [3.8, 4) is 5.75 Å². The Bertz CT molecular complexity index is 774. The lowest BCUT2D eigenvalue weighted by molar-refractivity contribution is 0.409. The minimum absolute atomic E-state index is 0. The van der Waals surface area contributed by atoms with Gasteiger partial charge in [0.15, 0.2) is 11.8 Å². The summed E-state index contributed by atoms with van der Waals surface area (Å²) >= 11 is 0. The van der Waals surface area contributed by atoms with Crippen molar-refractivity contribution in [2.75, 3.05) is 13.7 Å². The van der Waals surface area contributed by atoms with E-state index in [1.54, 1.807) is 7.11 Å². The van der Waals surface area contributed by atoms with Crippen LogP contribution in [0.2, 0.25) is 0 Å². The van der Waals surface area contributed by atoms with Crippen molar-refractivity contribution in [2.24, 2.45) is 4.99 Å². The molecule has 2 N–H and O–H groups in total. The van der Waals surface area contributed by atoms with E-state index in [9.17, 15) is 0 Å². The molecule has 0 saturated carbocycles. The highest BCUT2D eigenvalue weighted by Crippen LogP contribution is 2.20. The van der Waals surface area contributed by atoms with Crippen LogP contribution < -0.4 is 15.4 Å². The predicted molar refractivity (Wildman–Crippen MR) is 118 cm³/mol. The zero-order valence-electron chi connectivity index (χ0n) is 16.3. The summed E-state index contributed by atoms with van der Waals surface area (Å²) in [6.45, 7) is 7.09. The lowest BCUT2D eigenvalue weighted by atomic mass is 10.1. The maximum Gasteiger partial charge on any atom is 0.191 e. The zero-order chi connectivity index (χ0) is 18.4. The van der Waals surface area contributed by atoms with E-state index in [2.05, 4.69) is 51.4 Å². The van der Waals surface area contributed by atoms with Gasteiger partial charge >= 0.3 is 0 Å². The highest BCUT2D eigenvalue weighted by Gasteiger charge is 2.15. The van der Waals surface area contributed by atoms with Crippen LogP contribution in [0.15, 0.2) is 23.2 Å². The molecule has 0 spiro atoms. The fourth-order valence-electron chi connectivity index (χ4n) is 3.15. The SMILES string of the molecule is CCNC(=NCc1ccc(C)cc1OC)NCc1nnc2n1CCCC2.I. The van der Waals surface area contributed by atoms with Gasteiger partial charge in [0.2, 0.25) is 0 Å². The molecule has 148 valence electrons. The molecule has 1 aromatic heterocycles. The van der Waals surface area contributed by atoms with Crippen molar-refractivity contribution in [1.82, 2.24) is 25.4 Å². The van der Waals surface area contributed by atoms with E-state index in [-0.39, 0.29) is 24.0 Å². The monoisotopic (exact) mass is 484 g/mol. The summed E-state index contributed by atoms with van der Waals surface area (Å²) < 4.78 is 7.69. The number of rotatable bonds is 6. The average molecular weight is 484 g/mol. The van der Waals surface area contributed by atoms with Gasteiger partial charge in [-0.1, -0.05) is 12.1 Å². The molecule has 1 aliphatic rings. The van der Waals surface area contributed by atoms with Gasteiger partial charge in [0.1, 0.15) is 11.6 Å². The van der Waals surface area contributed by atoms with Crippen LogP contribution in [0, 0.1) is 6.92 Å². The molecule has 0 aliphatic carbocycles. The van der Waals surface area contributed by atoms with Crippen molar-refractivity contribution < 1.29 is 4.74 Å². The summed E-state index contributed by atoms with van der Waals surface area (Å²) in [6.07, 6.45) is 3.42. The van der Waals surface area contributed by atoms with Crippen LogP contribution in [-0.4, -0.2) is 34.4 Å². The number of halogens is 1. The molecule has 1 aliphatic heterocycles. The van der Waals surface area contributed by atoms with E-state index >= 15 is 0 Å². The first-order valence-electron chi connectivity index (χ1n) is 9.28. The summed E-state index contributed by atoms with van der Waals surface area (Å²) in [5.41, 5.74) is 2.24. The first-order chi connectivity index (χ1) is 12.7. The first-order valence-corrected chi connectivity index (χ1v) is 9.28. The number of ether oxygens (including phenoxy) is 1. The molecule has 7 nitrogen and oxygen atoms in total. The number of nitrogens with zero attached hydrogens (tertiary/aromatic N) is 4. The molecule has 0 saturated heterocycles. The third-order valence-corrected chi connectivity index (χ3v) is 4.54. The molecule has 2 aromatic rings. The molecular weight excluding hydrogens is 455 g/mol. The Labute approximate surface area is 178 Å². The Morgan fingerprint density at radius 2 is 2.11 bits per heavy atom. The molecule has 3 rings (SSSR count). The maximum atomic E-state index is 5.47. The van der Waals surface area contributed by atoms with Crippen molar-refractivity contribution in [2.45, 2.75) is 52.7 Å². The summed E-state index contributed by atoms with van der Waals surface area (Å²) in [6, 6.07) is 6.18. The van der Waals surface area contributed by atoms with Crippen LogP contribution in [0.3, 0.4) is 0 Å². The van der Waals surface area contributed by atoms with Crippen molar-refractivity contribution >= 4 is 29.9 Å². The average Bonchev–Trinajstić information content (AvgIpc) is 3.08. The number of fused-ring (bicyclic) bond motifs is 1. The smallest absolute Gasteiger partial charge is 0.191 e. The van der Waals surface area contributed by atoms with Crippen molar-refractivity contribution in [3.05, 3.63) is 41.0 Å². The zero-order valence-corrected chi connectivity index (χ0v) is 18.6. The van der Waals surface area contributed by atoms with Gasteiger partial charge in [-0.05, 0) is 38.3 Å². The third-order valence-electron chi connectivity index (χ3n) is 4.54. The fourth-order valence-corrected chi connectivity index (χ4v) is 3.15. The molecule has 2 heterocycles. The Morgan fingerprint density at radius 1 is 1.26 bits per heavy atom. The lowest BCUT2D eigenvalue weighted by Gasteiger charge is -2.16. The number of hydrogen-bond donors (Lipinski definition) is 2. The molecular formula is C19H29IN6O. The topological polar surface area (TPSA) is 76.4 Å². The van der Waals surface area contributed by atoms with Crippen LogP contribution >= 0.6 is 24.0 Å². The Balaban J connectivity index is 0.00000261. The molecule has 8 heteroatoms. The second-order valence-corrected chi connectivity index (χ2v) is 6.51. The summed E-state index contributed by atoms with van der Waals surface area (Å²) in [4.78, 5) is 4.69. The number of guanidine groups is 1. The lowest BCUT2D eigenvalue weighted by Crippen LogP contribution is -2.37. The fraction of sp³-hybridized carbons (Fsp3) is 0.526. The summed E-state index contributed by atoms with van der Waals surface area (Å²) in [5.74, 6) is 3.71. The molecule has 0 amide bonds. The molecule has 27 heavy (non-hydrogen) atoms.